The Kier molecular flexibility index (Phi) is 5.23. The highest BCUT2D eigenvalue weighted by atomic mass is 16.5. The Bertz CT molecular complexity index is 861. The van der Waals surface area contributed by atoms with Gasteiger partial charge in [-0.1, -0.05) is 18.7 Å². The molecule has 134 valence electrons. The van der Waals surface area contributed by atoms with Crippen molar-refractivity contribution < 1.29 is 9.53 Å². The molecule has 1 heterocycles. The zero-order valence-electron chi connectivity index (χ0n) is 14.2. The molecule has 1 amide bonds. The number of carbonyl (C=O) groups excluding carboxylic acids is 1. The number of aromatic nitrogens is 1. The van der Waals surface area contributed by atoms with Crippen molar-refractivity contribution >= 4 is 28.9 Å². The summed E-state index contributed by atoms with van der Waals surface area (Å²) in [6.07, 6.45) is 2.22. The molecule has 26 heavy (non-hydrogen) atoms. The lowest BCUT2D eigenvalue weighted by Crippen LogP contribution is -2.22. The first kappa shape index (κ1) is 17.6. The Morgan fingerprint density at radius 2 is 1.96 bits per heavy atom. The number of hydrogen-bond donors (Lipinski definition) is 3. The van der Waals surface area contributed by atoms with Crippen LogP contribution in [-0.2, 0) is 4.79 Å². The fraction of sp³-hybridized carbons (Fsp3) is 0.222. The van der Waals surface area contributed by atoms with Crippen LogP contribution in [0.3, 0.4) is 0 Å². The van der Waals surface area contributed by atoms with E-state index in [1.807, 2.05) is 18.2 Å². The molecule has 1 fully saturated rings. The summed E-state index contributed by atoms with van der Waals surface area (Å²) in [6, 6.07) is 10.5. The highest BCUT2D eigenvalue weighted by Crippen LogP contribution is 2.39. The molecule has 3 rings (SSSR count). The lowest BCUT2D eigenvalue weighted by molar-refractivity contribution is -0.114. The number of nitrogens with one attached hydrogen (secondary N) is 1. The van der Waals surface area contributed by atoms with E-state index >= 15 is 0 Å². The number of ether oxygens (including phenoxy) is 1. The van der Waals surface area contributed by atoms with Crippen LogP contribution < -0.4 is 21.5 Å². The predicted molar refractivity (Wildman–Crippen MR) is 99.4 cm³/mol. The van der Waals surface area contributed by atoms with Crippen LogP contribution in [0.5, 0.6) is 5.75 Å². The lowest BCUT2D eigenvalue weighted by atomic mass is 10.3. The third-order valence-corrected chi connectivity index (χ3v) is 3.76. The molecule has 1 aliphatic carbocycles. The molecule has 2 aromatic rings. The van der Waals surface area contributed by atoms with Gasteiger partial charge < -0.3 is 21.5 Å². The number of carbonyl (C=O) groups is 1. The Morgan fingerprint density at radius 3 is 2.65 bits per heavy atom. The van der Waals surface area contributed by atoms with E-state index in [2.05, 4.69) is 27.1 Å². The van der Waals surface area contributed by atoms with Gasteiger partial charge in [0.05, 0.1) is 6.54 Å². The maximum Gasteiger partial charge on any atom is 0.239 e. The Morgan fingerprint density at radius 1 is 1.23 bits per heavy atom. The zero-order chi connectivity index (χ0) is 18.5. The van der Waals surface area contributed by atoms with Crippen molar-refractivity contribution in [3.63, 3.8) is 0 Å². The second-order valence-electron chi connectivity index (χ2n) is 5.86. The van der Waals surface area contributed by atoms with Gasteiger partial charge in [0.15, 0.2) is 11.6 Å². The van der Waals surface area contributed by atoms with Crippen LogP contribution in [-0.4, -0.2) is 17.4 Å². The summed E-state index contributed by atoms with van der Waals surface area (Å²) in [7, 11) is 0. The molecular weight excluding hydrogens is 332 g/mol. The van der Waals surface area contributed by atoms with Crippen molar-refractivity contribution in [2.75, 3.05) is 17.6 Å². The number of pyridine rings is 1. The van der Waals surface area contributed by atoms with Gasteiger partial charge in [-0.25, -0.2) is 4.98 Å². The van der Waals surface area contributed by atoms with Crippen LogP contribution in [0.4, 0.5) is 23.0 Å². The van der Waals surface area contributed by atoms with Crippen LogP contribution in [0.15, 0.2) is 59.0 Å². The molecule has 1 saturated carbocycles. The minimum Gasteiger partial charge on any atom is -0.460 e. The van der Waals surface area contributed by atoms with Gasteiger partial charge in [-0.3, -0.25) is 4.79 Å². The molecule has 1 aromatic heterocycles. The highest BCUT2D eigenvalue weighted by Gasteiger charge is 2.26. The molecule has 0 saturated heterocycles. The van der Waals surface area contributed by atoms with Gasteiger partial charge in [0, 0.05) is 5.92 Å². The largest absolute Gasteiger partial charge is 0.460 e. The third kappa shape index (κ3) is 4.42. The van der Waals surface area contributed by atoms with Gasteiger partial charge >= 0.3 is 0 Å². The normalized spacial score (nSPS) is 13.6. The molecule has 0 atom stereocenters. The summed E-state index contributed by atoms with van der Waals surface area (Å²) in [6.45, 7) is 3.82. The molecule has 8 heteroatoms. The Balaban J connectivity index is 1.75. The van der Waals surface area contributed by atoms with Crippen LogP contribution in [0, 0.1) is 5.92 Å². The van der Waals surface area contributed by atoms with E-state index in [4.69, 9.17) is 16.2 Å². The molecule has 5 N–H and O–H groups in total. The van der Waals surface area contributed by atoms with E-state index < -0.39 is 0 Å². The number of para-hydroxylation sites is 1. The highest BCUT2D eigenvalue weighted by molar-refractivity contribution is 5.91. The van der Waals surface area contributed by atoms with E-state index in [9.17, 15) is 4.79 Å². The maximum atomic E-state index is 11.3. The van der Waals surface area contributed by atoms with E-state index in [1.165, 1.54) is 0 Å². The molecule has 8 nitrogen and oxygen atoms in total. The van der Waals surface area contributed by atoms with Gasteiger partial charge in [-0.2, -0.15) is 0 Å². The number of allylic oxidation sites excluding steroid dienone is 1. The van der Waals surface area contributed by atoms with Crippen molar-refractivity contribution in [3.8, 4) is 5.75 Å². The summed E-state index contributed by atoms with van der Waals surface area (Å²) in [5.41, 5.74) is 12.1. The summed E-state index contributed by atoms with van der Waals surface area (Å²) in [4.78, 5) is 15.4. The van der Waals surface area contributed by atoms with Crippen molar-refractivity contribution in [2.45, 2.75) is 12.8 Å². The van der Waals surface area contributed by atoms with Gasteiger partial charge in [0.1, 0.15) is 23.0 Å². The topological polar surface area (TPSA) is 128 Å². The second kappa shape index (κ2) is 7.75. The summed E-state index contributed by atoms with van der Waals surface area (Å²) < 4.78 is 5.81. The Labute approximate surface area is 151 Å². The number of nitrogens with two attached hydrogens (primary N) is 2. The smallest absolute Gasteiger partial charge is 0.239 e. The van der Waals surface area contributed by atoms with Crippen molar-refractivity contribution in [1.29, 1.82) is 0 Å². The van der Waals surface area contributed by atoms with Crippen molar-refractivity contribution in [1.82, 2.24) is 4.98 Å². The SMILES string of the molecule is C=C(Oc1ccccc1N=Nc1ccc(NC(=O)CN)nc1N)C1CC1. The first-order valence-electron chi connectivity index (χ1n) is 8.20. The summed E-state index contributed by atoms with van der Waals surface area (Å²) >= 11 is 0. The fourth-order valence-corrected chi connectivity index (χ4v) is 2.18. The van der Waals surface area contributed by atoms with Crippen LogP contribution in [0.25, 0.3) is 0 Å². The minimum atomic E-state index is -0.353. The van der Waals surface area contributed by atoms with Crippen LogP contribution >= 0.6 is 0 Å². The number of anilines is 2. The molecule has 0 aliphatic heterocycles. The number of rotatable bonds is 7. The van der Waals surface area contributed by atoms with Crippen molar-refractivity contribution in [3.05, 3.63) is 48.7 Å². The third-order valence-electron chi connectivity index (χ3n) is 3.76. The van der Waals surface area contributed by atoms with E-state index in [0.717, 1.165) is 18.6 Å². The molecular formula is C18H20N6O2. The van der Waals surface area contributed by atoms with E-state index in [-0.39, 0.29) is 18.3 Å². The molecule has 0 unspecified atom stereocenters. The predicted octanol–water partition coefficient (Wildman–Crippen LogP) is 3.28. The molecule has 0 spiro atoms. The van der Waals surface area contributed by atoms with E-state index in [0.29, 0.717) is 28.9 Å². The number of amides is 1. The van der Waals surface area contributed by atoms with Crippen LogP contribution in [0.1, 0.15) is 12.8 Å². The minimum absolute atomic E-state index is 0.133. The van der Waals surface area contributed by atoms with Crippen molar-refractivity contribution in [2.24, 2.45) is 21.9 Å². The molecule has 0 bridgehead atoms. The van der Waals surface area contributed by atoms with Gasteiger partial charge in [0.25, 0.3) is 0 Å². The van der Waals surface area contributed by atoms with Gasteiger partial charge in [-0.15, -0.1) is 10.2 Å². The monoisotopic (exact) mass is 352 g/mol. The quantitative estimate of drug-likeness (QED) is 0.520. The number of nitrogens with zero attached hydrogens (tertiary/aromatic N) is 3. The van der Waals surface area contributed by atoms with Gasteiger partial charge in [-0.05, 0) is 37.1 Å². The number of nitrogen functional groups attached to an aromatic ring is 1. The molecule has 0 radical (unpaired) electrons. The standard InChI is InChI=1S/C18H20N6O2/c1-11(12-6-7-12)26-15-5-3-2-4-13(15)23-24-14-8-9-16(22-18(14)20)21-17(25)10-19/h2-5,8-9,12H,1,6-7,10,19H2,(H3,20,21,22,25). The number of azo groups is 1. The second-order valence-corrected chi connectivity index (χ2v) is 5.86. The van der Waals surface area contributed by atoms with Gasteiger partial charge in [0.2, 0.25) is 5.91 Å². The fourth-order valence-electron chi connectivity index (χ4n) is 2.18. The van der Waals surface area contributed by atoms with Crippen LogP contribution in [0.2, 0.25) is 0 Å². The maximum absolute atomic E-state index is 11.3. The average Bonchev–Trinajstić information content (AvgIpc) is 3.47. The number of hydrogen-bond acceptors (Lipinski definition) is 7. The molecule has 1 aliphatic rings. The number of benzene rings is 1. The summed E-state index contributed by atoms with van der Waals surface area (Å²) in [5, 5.41) is 10.9. The zero-order valence-corrected chi connectivity index (χ0v) is 14.2. The Hall–Kier alpha value is -3.26. The first-order valence-corrected chi connectivity index (χ1v) is 8.20. The van der Waals surface area contributed by atoms with E-state index in [1.54, 1.807) is 18.2 Å². The molecule has 1 aromatic carbocycles. The first-order chi connectivity index (χ1) is 12.6. The lowest BCUT2D eigenvalue weighted by Gasteiger charge is -2.09. The summed E-state index contributed by atoms with van der Waals surface area (Å²) in [5.74, 6) is 1.86. The average molecular weight is 352 g/mol.